The molecule has 0 aromatic heterocycles. The van der Waals surface area contributed by atoms with E-state index in [0.717, 1.165) is 19.6 Å². The number of hydrogen-bond donors (Lipinski definition) is 2. The van der Waals surface area contributed by atoms with Crippen LogP contribution < -0.4 is 10.6 Å². The zero-order valence-corrected chi connectivity index (χ0v) is 18.1. The molecule has 2 heterocycles. The van der Waals surface area contributed by atoms with E-state index in [4.69, 9.17) is 0 Å². The molecule has 0 saturated carbocycles. The van der Waals surface area contributed by atoms with Gasteiger partial charge in [0.2, 0.25) is 0 Å². The summed E-state index contributed by atoms with van der Waals surface area (Å²) in [6.45, 7) is 7.83. The number of nitrogens with zero attached hydrogens (tertiary/aromatic N) is 3. The first kappa shape index (κ1) is 23.7. The van der Waals surface area contributed by atoms with Crippen molar-refractivity contribution in [3.63, 3.8) is 0 Å². The SMILES string of the molecule is CCNC(=NCCN1CCCCC1C)NC1CCN(CC(F)(F)F)C1.I. The minimum atomic E-state index is -4.13. The highest BCUT2D eigenvalue weighted by Crippen LogP contribution is 2.20. The lowest BCUT2D eigenvalue weighted by Gasteiger charge is -2.32. The van der Waals surface area contributed by atoms with Crippen molar-refractivity contribution in [1.29, 1.82) is 0 Å². The summed E-state index contributed by atoms with van der Waals surface area (Å²) in [6, 6.07) is 0.638. The topological polar surface area (TPSA) is 42.9 Å². The van der Waals surface area contributed by atoms with Crippen LogP contribution >= 0.6 is 24.0 Å². The van der Waals surface area contributed by atoms with E-state index in [1.807, 2.05) is 6.92 Å². The summed E-state index contributed by atoms with van der Waals surface area (Å²) in [5.41, 5.74) is 0. The molecule has 0 aliphatic carbocycles. The molecule has 2 aliphatic rings. The predicted molar refractivity (Wildman–Crippen MR) is 110 cm³/mol. The van der Waals surface area contributed by atoms with E-state index in [1.165, 1.54) is 24.2 Å². The molecular formula is C17H33F3IN5. The molecule has 26 heavy (non-hydrogen) atoms. The molecule has 0 aromatic rings. The summed E-state index contributed by atoms with van der Waals surface area (Å²) < 4.78 is 37.5. The number of aliphatic imine (C=N–C) groups is 1. The van der Waals surface area contributed by atoms with Crippen LogP contribution in [0.4, 0.5) is 13.2 Å². The van der Waals surface area contributed by atoms with Gasteiger partial charge in [0, 0.05) is 38.3 Å². The van der Waals surface area contributed by atoms with Crippen LogP contribution in [0, 0.1) is 0 Å². The summed E-state index contributed by atoms with van der Waals surface area (Å²) in [6.07, 6.45) is 0.395. The number of likely N-dealkylation sites (tertiary alicyclic amines) is 2. The van der Waals surface area contributed by atoms with Crippen LogP contribution in [0.25, 0.3) is 0 Å². The quantitative estimate of drug-likeness (QED) is 0.341. The van der Waals surface area contributed by atoms with E-state index in [9.17, 15) is 13.2 Å². The zero-order valence-electron chi connectivity index (χ0n) is 15.8. The number of nitrogens with one attached hydrogen (secondary N) is 2. The molecule has 2 fully saturated rings. The van der Waals surface area contributed by atoms with Gasteiger partial charge in [-0.05, 0) is 39.7 Å². The van der Waals surface area contributed by atoms with Crippen LogP contribution in [0.3, 0.4) is 0 Å². The molecule has 0 radical (unpaired) electrons. The van der Waals surface area contributed by atoms with Crippen LogP contribution in [0.5, 0.6) is 0 Å². The average Bonchev–Trinajstić information content (AvgIpc) is 2.94. The minimum Gasteiger partial charge on any atom is -0.357 e. The third-order valence-corrected chi connectivity index (χ3v) is 4.96. The van der Waals surface area contributed by atoms with Gasteiger partial charge in [0.05, 0.1) is 13.1 Å². The Bertz CT molecular complexity index is 433. The number of rotatable bonds is 6. The van der Waals surface area contributed by atoms with Gasteiger partial charge in [-0.1, -0.05) is 6.42 Å². The van der Waals surface area contributed by atoms with Crippen molar-refractivity contribution in [3.8, 4) is 0 Å². The van der Waals surface area contributed by atoms with Gasteiger partial charge in [0.15, 0.2) is 5.96 Å². The van der Waals surface area contributed by atoms with E-state index in [0.29, 0.717) is 38.1 Å². The van der Waals surface area contributed by atoms with E-state index in [2.05, 4.69) is 27.4 Å². The van der Waals surface area contributed by atoms with Crippen molar-refractivity contribution in [1.82, 2.24) is 20.4 Å². The number of guanidine groups is 1. The molecule has 0 spiro atoms. The average molecular weight is 491 g/mol. The fraction of sp³-hybridized carbons (Fsp3) is 0.941. The molecule has 154 valence electrons. The third kappa shape index (κ3) is 8.60. The Morgan fingerprint density at radius 2 is 1.96 bits per heavy atom. The van der Waals surface area contributed by atoms with Gasteiger partial charge in [-0.2, -0.15) is 13.2 Å². The van der Waals surface area contributed by atoms with E-state index in [1.54, 1.807) is 0 Å². The fourth-order valence-corrected chi connectivity index (χ4v) is 3.64. The highest BCUT2D eigenvalue weighted by molar-refractivity contribution is 14.0. The number of halogens is 4. The van der Waals surface area contributed by atoms with Crippen molar-refractivity contribution in [2.24, 2.45) is 4.99 Å². The maximum Gasteiger partial charge on any atom is 0.401 e. The Labute approximate surface area is 172 Å². The maximum absolute atomic E-state index is 12.5. The second kappa shape index (κ2) is 11.5. The van der Waals surface area contributed by atoms with Crippen LogP contribution in [0.2, 0.25) is 0 Å². The molecule has 9 heteroatoms. The summed E-state index contributed by atoms with van der Waals surface area (Å²) in [5, 5.41) is 6.49. The lowest BCUT2D eigenvalue weighted by atomic mass is 10.0. The van der Waals surface area contributed by atoms with Crippen LogP contribution in [-0.4, -0.2) is 79.8 Å². The zero-order chi connectivity index (χ0) is 18.3. The van der Waals surface area contributed by atoms with Gasteiger partial charge >= 0.3 is 6.18 Å². The Morgan fingerprint density at radius 3 is 2.62 bits per heavy atom. The smallest absolute Gasteiger partial charge is 0.357 e. The van der Waals surface area contributed by atoms with Crippen LogP contribution in [-0.2, 0) is 0 Å². The fourth-order valence-electron chi connectivity index (χ4n) is 3.64. The number of piperidine rings is 1. The Morgan fingerprint density at radius 1 is 1.19 bits per heavy atom. The van der Waals surface area contributed by atoms with Gasteiger partial charge < -0.3 is 10.6 Å². The Balaban J connectivity index is 0.00000338. The summed E-state index contributed by atoms with van der Waals surface area (Å²) >= 11 is 0. The first-order chi connectivity index (χ1) is 11.9. The van der Waals surface area contributed by atoms with E-state index in [-0.39, 0.29) is 30.0 Å². The maximum atomic E-state index is 12.5. The molecule has 2 aliphatic heterocycles. The molecule has 2 saturated heterocycles. The third-order valence-electron chi connectivity index (χ3n) is 4.96. The standard InChI is InChI=1S/C17H32F3N5.HI/c1-3-21-16(22-8-11-25-9-5-4-6-14(25)2)23-15-7-10-24(12-15)13-17(18,19)20;/h14-15H,3-13H2,1-2H3,(H2,21,22,23);1H. The monoisotopic (exact) mass is 491 g/mol. The van der Waals surface area contributed by atoms with Crippen molar-refractivity contribution in [2.75, 3.05) is 45.8 Å². The highest BCUT2D eigenvalue weighted by Gasteiger charge is 2.34. The molecule has 2 unspecified atom stereocenters. The normalized spacial score (nSPS) is 25.8. The van der Waals surface area contributed by atoms with Gasteiger partial charge in [-0.3, -0.25) is 14.8 Å². The molecule has 2 N–H and O–H groups in total. The highest BCUT2D eigenvalue weighted by atomic mass is 127. The summed E-state index contributed by atoms with van der Waals surface area (Å²) in [4.78, 5) is 8.54. The van der Waals surface area contributed by atoms with Gasteiger partial charge in [0.1, 0.15) is 0 Å². The van der Waals surface area contributed by atoms with E-state index < -0.39 is 12.7 Å². The predicted octanol–water partition coefficient (Wildman–Crippen LogP) is 2.67. The molecule has 0 amide bonds. The molecule has 2 rings (SSSR count). The molecular weight excluding hydrogens is 458 g/mol. The Kier molecular flexibility index (Phi) is 10.5. The lowest BCUT2D eigenvalue weighted by Crippen LogP contribution is -2.45. The van der Waals surface area contributed by atoms with Gasteiger partial charge in [-0.25, -0.2) is 0 Å². The van der Waals surface area contributed by atoms with Crippen molar-refractivity contribution in [2.45, 2.75) is 57.8 Å². The summed E-state index contributed by atoms with van der Waals surface area (Å²) in [5.74, 6) is 0.714. The van der Waals surface area contributed by atoms with Crippen LogP contribution in [0.15, 0.2) is 4.99 Å². The minimum absolute atomic E-state index is 0. The molecule has 0 bridgehead atoms. The largest absolute Gasteiger partial charge is 0.401 e. The second-order valence-electron chi connectivity index (χ2n) is 7.12. The number of alkyl halides is 3. The summed E-state index contributed by atoms with van der Waals surface area (Å²) in [7, 11) is 0. The molecule has 2 atom stereocenters. The van der Waals surface area contributed by atoms with Gasteiger partial charge in [-0.15, -0.1) is 24.0 Å². The van der Waals surface area contributed by atoms with Crippen molar-refractivity contribution in [3.05, 3.63) is 0 Å². The van der Waals surface area contributed by atoms with Crippen molar-refractivity contribution >= 4 is 29.9 Å². The first-order valence-corrected chi connectivity index (χ1v) is 9.45. The second-order valence-corrected chi connectivity index (χ2v) is 7.12. The Hall–Kier alpha value is -0.290. The van der Waals surface area contributed by atoms with Gasteiger partial charge in [0.25, 0.3) is 0 Å². The number of hydrogen-bond acceptors (Lipinski definition) is 3. The molecule has 0 aromatic carbocycles. The first-order valence-electron chi connectivity index (χ1n) is 9.45. The lowest BCUT2D eigenvalue weighted by molar-refractivity contribution is -0.143. The van der Waals surface area contributed by atoms with E-state index >= 15 is 0 Å². The van der Waals surface area contributed by atoms with Crippen LogP contribution in [0.1, 0.15) is 39.5 Å². The van der Waals surface area contributed by atoms with Crippen molar-refractivity contribution < 1.29 is 13.2 Å². The molecule has 5 nitrogen and oxygen atoms in total.